The van der Waals surface area contributed by atoms with Gasteiger partial charge >= 0.3 is 6.03 Å². The van der Waals surface area contributed by atoms with Gasteiger partial charge < -0.3 is 10.6 Å². The lowest BCUT2D eigenvalue weighted by Crippen LogP contribution is -2.38. The quantitative estimate of drug-likeness (QED) is 0.702. The van der Waals surface area contributed by atoms with Crippen LogP contribution in [0.15, 0.2) is 54.6 Å². The number of urea groups is 1. The van der Waals surface area contributed by atoms with Crippen LogP contribution in [-0.2, 0) is 16.6 Å². The van der Waals surface area contributed by atoms with Crippen LogP contribution in [0.1, 0.15) is 5.56 Å². The zero-order valence-corrected chi connectivity index (χ0v) is 14.4. The van der Waals surface area contributed by atoms with Crippen molar-refractivity contribution >= 4 is 33.3 Å². The first-order valence-corrected chi connectivity index (χ1v) is 9.29. The number of hydrogen-bond acceptors (Lipinski definition) is 3. The second-order valence-electron chi connectivity index (χ2n) is 5.03. The summed E-state index contributed by atoms with van der Waals surface area (Å²) in [6, 6.07) is 15.3. The summed E-state index contributed by atoms with van der Waals surface area (Å²) in [6.07, 6.45) is 0. The van der Waals surface area contributed by atoms with E-state index >= 15 is 0 Å². The summed E-state index contributed by atoms with van der Waals surface area (Å²) < 4.78 is 26.2. The zero-order valence-electron chi connectivity index (χ0n) is 12.8. The maximum absolute atomic E-state index is 11.9. The van der Waals surface area contributed by atoms with Crippen molar-refractivity contribution in [2.24, 2.45) is 0 Å². The molecule has 0 saturated heterocycles. The Morgan fingerprint density at radius 2 is 1.75 bits per heavy atom. The average Bonchev–Trinajstić information content (AvgIpc) is 2.53. The Kier molecular flexibility index (Phi) is 6.45. The third kappa shape index (κ3) is 6.47. The molecule has 8 heteroatoms. The van der Waals surface area contributed by atoms with Gasteiger partial charge in [0.1, 0.15) is 0 Å². The van der Waals surface area contributed by atoms with Gasteiger partial charge in [0.25, 0.3) is 0 Å². The maximum atomic E-state index is 11.9. The molecule has 2 rings (SSSR count). The summed E-state index contributed by atoms with van der Waals surface area (Å²) in [5, 5.41) is 5.74. The number of carbonyl (C=O) groups excluding carboxylic acids is 1. The smallest absolute Gasteiger partial charge is 0.315 e. The molecule has 3 N–H and O–H groups in total. The van der Waals surface area contributed by atoms with E-state index in [1.165, 1.54) is 0 Å². The van der Waals surface area contributed by atoms with Crippen LogP contribution in [0.2, 0.25) is 5.02 Å². The molecule has 0 saturated carbocycles. The van der Waals surface area contributed by atoms with Crippen molar-refractivity contribution in [2.75, 3.05) is 17.0 Å². The van der Waals surface area contributed by atoms with E-state index in [4.69, 9.17) is 11.6 Å². The Labute approximate surface area is 146 Å². The van der Waals surface area contributed by atoms with Crippen LogP contribution in [0, 0.1) is 0 Å². The first-order valence-electron chi connectivity index (χ1n) is 7.26. The number of carbonyl (C=O) groups is 1. The molecule has 0 fully saturated rings. The number of rotatable bonds is 7. The highest BCUT2D eigenvalue weighted by Gasteiger charge is 2.11. The van der Waals surface area contributed by atoms with Crippen LogP contribution in [0.5, 0.6) is 0 Å². The van der Waals surface area contributed by atoms with Gasteiger partial charge in [-0.1, -0.05) is 41.9 Å². The van der Waals surface area contributed by atoms with E-state index < -0.39 is 16.1 Å². The Morgan fingerprint density at radius 1 is 1.00 bits per heavy atom. The molecule has 128 valence electrons. The van der Waals surface area contributed by atoms with Gasteiger partial charge in [-0.2, -0.15) is 0 Å². The SMILES string of the molecule is O=C(NCCS(=O)(=O)Nc1ccccc1)NCc1cccc(Cl)c1. The van der Waals surface area contributed by atoms with E-state index in [0.717, 1.165) is 5.56 Å². The zero-order chi connectivity index (χ0) is 17.4. The molecule has 0 spiro atoms. The fourth-order valence-corrected chi connectivity index (χ4v) is 3.11. The highest BCUT2D eigenvalue weighted by Crippen LogP contribution is 2.10. The molecule has 0 aromatic heterocycles. The summed E-state index contributed by atoms with van der Waals surface area (Å²) in [5.74, 6) is -0.216. The molecule has 0 aliphatic rings. The van der Waals surface area contributed by atoms with Crippen molar-refractivity contribution in [2.45, 2.75) is 6.54 Å². The Balaban J connectivity index is 1.72. The van der Waals surface area contributed by atoms with Gasteiger partial charge in [-0.05, 0) is 29.8 Å². The van der Waals surface area contributed by atoms with Crippen molar-refractivity contribution in [1.82, 2.24) is 10.6 Å². The van der Waals surface area contributed by atoms with E-state index in [9.17, 15) is 13.2 Å². The van der Waals surface area contributed by atoms with Gasteiger partial charge in [0.05, 0.1) is 5.75 Å². The van der Waals surface area contributed by atoms with Gasteiger partial charge in [0, 0.05) is 23.8 Å². The fraction of sp³-hybridized carbons (Fsp3) is 0.188. The normalized spacial score (nSPS) is 10.9. The fourth-order valence-electron chi connectivity index (χ4n) is 1.93. The molecule has 0 radical (unpaired) electrons. The minimum absolute atomic E-state index is 0.00352. The molecule has 2 amide bonds. The van der Waals surface area contributed by atoms with E-state index in [2.05, 4.69) is 15.4 Å². The molecule has 0 bridgehead atoms. The molecule has 2 aromatic rings. The first kappa shape index (κ1) is 18.1. The first-order chi connectivity index (χ1) is 11.4. The molecule has 0 aliphatic carbocycles. The number of benzene rings is 2. The van der Waals surface area contributed by atoms with Crippen LogP contribution in [0.4, 0.5) is 10.5 Å². The highest BCUT2D eigenvalue weighted by molar-refractivity contribution is 7.92. The lowest BCUT2D eigenvalue weighted by atomic mass is 10.2. The largest absolute Gasteiger partial charge is 0.337 e. The second kappa shape index (κ2) is 8.56. The summed E-state index contributed by atoms with van der Waals surface area (Å²) in [4.78, 5) is 11.7. The third-order valence-corrected chi connectivity index (χ3v) is 4.57. The molecule has 0 aliphatic heterocycles. The molecular weight excluding hydrogens is 350 g/mol. The molecule has 0 heterocycles. The van der Waals surface area contributed by atoms with Gasteiger partial charge in [-0.25, -0.2) is 13.2 Å². The van der Waals surface area contributed by atoms with Crippen molar-refractivity contribution in [3.8, 4) is 0 Å². The minimum Gasteiger partial charge on any atom is -0.337 e. The Bertz CT molecular complexity index is 782. The number of nitrogens with one attached hydrogen (secondary N) is 3. The van der Waals surface area contributed by atoms with E-state index in [1.807, 2.05) is 6.07 Å². The van der Waals surface area contributed by atoms with Crippen LogP contribution >= 0.6 is 11.6 Å². The van der Waals surface area contributed by atoms with Crippen molar-refractivity contribution in [3.63, 3.8) is 0 Å². The molecule has 0 unspecified atom stereocenters. The van der Waals surface area contributed by atoms with Crippen molar-refractivity contribution in [3.05, 3.63) is 65.2 Å². The number of halogens is 1. The second-order valence-corrected chi connectivity index (χ2v) is 7.30. The van der Waals surface area contributed by atoms with E-state index in [0.29, 0.717) is 17.3 Å². The number of anilines is 1. The van der Waals surface area contributed by atoms with E-state index in [1.54, 1.807) is 48.5 Å². The van der Waals surface area contributed by atoms with Crippen molar-refractivity contribution in [1.29, 1.82) is 0 Å². The third-order valence-electron chi connectivity index (χ3n) is 3.05. The van der Waals surface area contributed by atoms with E-state index in [-0.39, 0.29) is 12.3 Å². The predicted molar refractivity (Wildman–Crippen MR) is 95.5 cm³/mol. The molecule has 2 aromatic carbocycles. The standard InChI is InChI=1S/C16H18ClN3O3S/c17-14-6-4-5-13(11-14)12-19-16(21)18-9-10-24(22,23)20-15-7-2-1-3-8-15/h1-8,11,20H,9-10,12H2,(H2,18,19,21). The Morgan fingerprint density at radius 3 is 2.46 bits per heavy atom. The van der Waals surface area contributed by atoms with Crippen LogP contribution in [0.3, 0.4) is 0 Å². The van der Waals surface area contributed by atoms with Gasteiger partial charge in [0.15, 0.2) is 0 Å². The van der Waals surface area contributed by atoms with Crippen molar-refractivity contribution < 1.29 is 13.2 Å². The number of sulfonamides is 1. The monoisotopic (exact) mass is 367 g/mol. The number of amides is 2. The predicted octanol–water partition coefficient (Wildman–Crippen LogP) is 2.58. The number of hydrogen-bond donors (Lipinski definition) is 3. The van der Waals surface area contributed by atoms with Crippen LogP contribution in [0.25, 0.3) is 0 Å². The van der Waals surface area contributed by atoms with Crippen LogP contribution < -0.4 is 15.4 Å². The topological polar surface area (TPSA) is 87.3 Å². The Hall–Kier alpha value is -2.25. The maximum Gasteiger partial charge on any atom is 0.315 e. The van der Waals surface area contributed by atoms with Gasteiger partial charge in [-0.3, -0.25) is 4.72 Å². The highest BCUT2D eigenvalue weighted by atomic mass is 35.5. The molecule has 24 heavy (non-hydrogen) atoms. The summed E-state index contributed by atoms with van der Waals surface area (Å²) >= 11 is 5.86. The summed E-state index contributed by atoms with van der Waals surface area (Å²) in [7, 11) is -3.51. The molecular formula is C16H18ClN3O3S. The lowest BCUT2D eigenvalue weighted by Gasteiger charge is -2.10. The minimum atomic E-state index is -3.51. The van der Waals surface area contributed by atoms with Gasteiger partial charge in [-0.15, -0.1) is 0 Å². The summed E-state index contributed by atoms with van der Waals surface area (Å²) in [6.45, 7) is 0.310. The molecule has 0 atom stereocenters. The average molecular weight is 368 g/mol. The van der Waals surface area contributed by atoms with Gasteiger partial charge in [0.2, 0.25) is 10.0 Å². The lowest BCUT2D eigenvalue weighted by molar-refractivity contribution is 0.241. The molecule has 6 nitrogen and oxygen atoms in total. The number of para-hydroxylation sites is 1. The summed E-state index contributed by atoms with van der Waals surface area (Å²) in [5.41, 5.74) is 1.35. The van der Waals surface area contributed by atoms with Crippen LogP contribution in [-0.4, -0.2) is 26.7 Å².